The summed E-state index contributed by atoms with van der Waals surface area (Å²) in [5.74, 6) is -0.139. The van der Waals surface area contributed by atoms with Gasteiger partial charge < -0.3 is 9.88 Å². The van der Waals surface area contributed by atoms with Gasteiger partial charge in [-0.15, -0.1) is 0 Å². The number of rotatable bonds is 4. The lowest BCUT2D eigenvalue weighted by molar-refractivity contribution is 0.0952. The van der Waals surface area contributed by atoms with Crippen molar-refractivity contribution in [3.63, 3.8) is 0 Å². The van der Waals surface area contributed by atoms with Crippen molar-refractivity contribution in [3.8, 4) is 0 Å². The van der Waals surface area contributed by atoms with E-state index in [1.54, 1.807) is 12.1 Å². The minimum atomic E-state index is -0.139. The molecule has 0 saturated heterocycles. The first kappa shape index (κ1) is 14.7. The van der Waals surface area contributed by atoms with E-state index in [9.17, 15) is 4.79 Å². The Labute approximate surface area is 134 Å². The Kier molecular flexibility index (Phi) is 4.16. The molecular formula is C18H17ClN2O. The highest BCUT2D eigenvalue weighted by atomic mass is 35.5. The van der Waals surface area contributed by atoms with Crippen LogP contribution in [0, 0.1) is 6.92 Å². The van der Waals surface area contributed by atoms with E-state index in [0.717, 1.165) is 6.54 Å². The molecule has 1 amide bonds. The van der Waals surface area contributed by atoms with E-state index in [4.69, 9.17) is 11.6 Å². The van der Waals surface area contributed by atoms with Gasteiger partial charge in [-0.25, -0.2) is 0 Å². The predicted molar refractivity (Wildman–Crippen MR) is 90.5 cm³/mol. The molecule has 0 saturated carbocycles. The summed E-state index contributed by atoms with van der Waals surface area (Å²) < 4.78 is 2.21. The van der Waals surface area contributed by atoms with Crippen LogP contribution in [0.4, 0.5) is 0 Å². The van der Waals surface area contributed by atoms with Gasteiger partial charge >= 0.3 is 0 Å². The lowest BCUT2D eigenvalue weighted by atomic mass is 10.2. The fourth-order valence-electron chi connectivity index (χ4n) is 2.67. The van der Waals surface area contributed by atoms with Crippen LogP contribution < -0.4 is 5.32 Å². The molecule has 112 valence electrons. The molecule has 0 unspecified atom stereocenters. The molecule has 3 rings (SSSR count). The Morgan fingerprint density at radius 2 is 1.86 bits per heavy atom. The number of amides is 1. The number of carbonyl (C=O) groups is 1. The SMILES string of the molecule is Cc1cc2ccccc2n1CCNC(=O)c1ccccc1Cl. The molecule has 0 atom stereocenters. The molecule has 0 aliphatic rings. The molecule has 0 bridgehead atoms. The topological polar surface area (TPSA) is 34.0 Å². The van der Waals surface area contributed by atoms with Gasteiger partial charge in [0.15, 0.2) is 0 Å². The number of fused-ring (bicyclic) bond motifs is 1. The highest BCUT2D eigenvalue weighted by Gasteiger charge is 2.09. The number of carbonyl (C=O) groups excluding carboxylic acids is 1. The fourth-order valence-corrected chi connectivity index (χ4v) is 2.89. The van der Waals surface area contributed by atoms with E-state index in [2.05, 4.69) is 35.0 Å². The summed E-state index contributed by atoms with van der Waals surface area (Å²) in [5, 5.41) is 4.62. The van der Waals surface area contributed by atoms with Crippen molar-refractivity contribution in [2.75, 3.05) is 6.54 Å². The van der Waals surface area contributed by atoms with Gasteiger partial charge in [-0.3, -0.25) is 4.79 Å². The van der Waals surface area contributed by atoms with E-state index in [-0.39, 0.29) is 5.91 Å². The minimum Gasteiger partial charge on any atom is -0.350 e. The number of aryl methyl sites for hydroxylation is 1. The second kappa shape index (κ2) is 6.24. The van der Waals surface area contributed by atoms with Crippen LogP contribution in [0.25, 0.3) is 10.9 Å². The van der Waals surface area contributed by atoms with Crippen molar-refractivity contribution in [1.82, 2.24) is 9.88 Å². The first-order valence-electron chi connectivity index (χ1n) is 7.24. The summed E-state index contributed by atoms with van der Waals surface area (Å²) in [6, 6.07) is 17.5. The maximum atomic E-state index is 12.1. The monoisotopic (exact) mass is 312 g/mol. The Bertz CT molecular complexity index is 823. The molecule has 2 aromatic carbocycles. The second-order valence-electron chi connectivity index (χ2n) is 5.23. The normalized spacial score (nSPS) is 10.8. The van der Waals surface area contributed by atoms with Crippen molar-refractivity contribution >= 4 is 28.4 Å². The molecule has 22 heavy (non-hydrogen) atoms. The lowest BCUT2D eigenvalue weighted by Gasteiger charge is -2.10. The van der Waals surface area contributed by atoms with Crippen LogP contribution in [0.3, 0.4) is 0 Å². The van der Waals surface area contributed by atoms with Gasteiger partial charge in [0.25, 0.3) is 5.91 Å². The molecule has 0 fully saturated rings. The molecule has 0 spiro atoms. The van der Waals surface area contributed by atoms with Crippen molar-refractivity contribution < 1.29 is 4.79 Å². The molecule has 0 radical (unpaired) electrons. The van der Waals surface area contributed by atoms with Gasteiger partial charge in [0, 0.05) is 24.3 Å². The van der Waals surface area contributed by atoms with Crippen LogP contribution in [0.2, 0.25) is 5.02 Å². The van der Waals surface area contributed by atoms with Gasteiger partial charge in [0.05, 0.1) is 10.6 Å². The number of aromatic nitrogens is 1. The van der Waals surface area contributed by atoms with E-state index in [1.165, 1.54) is 16.6 Å². The third-order valence-corrected chi connectivity index (χ3v) is 4.09. The van der Waals surface area contributed by atoms with Gasteiger partial charge in [-0.1, -0.05) is 41.9 Å². The summed E-state index contributed by atoms with van der Waals surface area (Å²) in [5.41, 5.74) is 2.89. The number of benzene rings is 2. The molecule has 3 aromatic rings. The molecule has 0 aliphatic carbocycles. The molecule has 1 aromatic heterocycles. The van der Waals surface area contributed by atoms with E-state index < -0.39 is 0 Å². The largest absolute Gasteiger partial charge is 0.350 e. The Morgan fingerprint density at radius 1 is 1.14 bits per heavy atom. The number of halogens is 1. The number of para-hydroxylation sites is 1. The van der Waals surface area contributed by atoms with Crippen molar-refractivity contribution in [2.45, 2.75) is 13.5 Å². The van der Waals surface area contributed by atoms with Crippen LogP contribution in [-0.4, -0.2) is 17.0 Å². The van der Waals surface area contributed by atoms with Crippen molar-refractivity contribution in [1.29, 1.82) is 0 Å². The lowest BCUT2D eigenvalue weighted by Crippen LogP contribution is -2.27. The second-order valence-corrected chi connectivity index (χ2v) is 5.64. The first-order valence-corrected chi connectivity index (χ1v) is 7.62. The van der Waals surface area contributed by atoms with E-state index in [1.807, 2.05) is 24.3 Å². The smallest absolute Gasteiger partial charge is 0.252 e. The zero-order valence-corrected chi connectivity index (χ0v) is 13.1. The maximum Gasteiger partial charge on any atom is 0.252 e. The number of nitrogens with zero attached hydrogens (tertiary/aromatic N) is 1. The first-order chi connectivity index (χ1) is 10.7. The van der Waals surface area contributed by atoms with Gasteiger partial charge in [0.2, 0.25) is 0 Å². The quantitative estimate of drug-likeness (QED) is 0.775. The standard InChI is InChI=1S/C18H17ClN2O/c1-13-12-14-6-2-5-9-17(14)21(13)11-10-20-18(22)15-7-3-4-8-16(15)19/h2-9,12H,10-11H2,1H3,(H,20,22). The van der Waals surface area contributed by atoms with Crippen LogP contribution in [0.15, 0.2) is 54.6 Å². The van der Waals surface area contributed by atoms with Crippen LogP contribution in [0.1, 0.15) is 16.1 Å². The summed E-state index contributed by atoms with van der Waals surface area (Å²) in [6.45, 7) is 3.37. The maximum absolute atomic E-state index is 12.1. The minimum absolute atomic E-state index is 0.139. The van der Waals surface area contributed by atoms with Crippen LogP contribution in [-0.2, 0) is 6.54 Å². The van der Waals surface area contributed by atoms with Crippen molar-refractivity contribution in [3.05, 3.63) is 70.9 Å². The number of nitrogens with one attached hydrogen (secondary N) is 1. The van der Waals surface area contributed by atoms with E-state index >= 15 is 0 Å². The Morgan fingerprint density at radius 3 is 2.68 bits per heavy atom. The molecule has 4 heteroatoms. The van der Waals surface area contributed by atoms with Crippen molar-refractivity contribution in [2.24, 2.45) is 0 Å². The Balaban J connectivity index is 1.69. The average molecular weight is 313 g/mol. The van der Waals surface area contributed by atoms with Crippen LogP contribution in [0.5, 0.6) is 0 Å². The van der Waals surface area contributed by atoms with Gasteiger partial charge in [-0.2, -0.15) is 0 Å². The summed E-state index contributed by atoms with van der Waals surface area (Å²) in [6.07, 6.45) is 0. The third kappa shape index (κ3) is 2.85. The molecule has 1 N–H and O–H groups in total. The summed E-state index contributed by atoms with van der Waals surface area (Å²) in [7, 11) is 0. The summed E-state index contributed by atoms with van der Waals surface area (Å²) in [4.78, 5) is 12.1. The number of hydrogen-bond acceptors (Lipinski definition) is 1. The molecule has 3 nitrogen and oxygen atoms in total. The highest BCUT2D eigenvalue weighted by Crippen LogP contribution is 2.19. The zero-order chi connectivity index (χ0) is 15.5. The average Bonchev–Trinajstić information content (AvgIpc) is 2.83. The van der Waals surface area contributed by atoms with E-state index in [0.29, 0.717) is 17.1 Å². The van der Waals surface area contributed by atoms with Gasteiger partial charge in [0.1, 0.15) is 0 Å². The zero-order valence-electron chi connectivity index (χ0n) is 12.3. The van der Waals surface area contributed by atoms with Gasteiger partial charge in [-0.05, 0) is 36.6 Å². The third-order valence-electron chi connectivity index (χ3n) is 3.76. The molecule has 1 heterocycles. The fraction of sp³-hybridized carbons (Fsp3) is 0.167. The Hall–Kier alpha value is -2.26. The summed E-state index contributed by atoms with van der Waals surface area (Å²) >= 11 is 6.03. The molecule has 0 aliphatic heterocycles. The number of hydrogen-bond donors (Lipinski definition) is 1. The highest BCUT2D eigenvalue weighted by molar-refractivity contribution is 6.33. The molecular weight excluding hydrogens is 296 g/mol. The predicted octanol–water partition coefficient (Wildman–Crippen LogP) is 4.03. The van der Waals surface area contributed by atoms with Crippen LogP contribution >= 0.6 is 11.6 Å².